The molecule has 0 saturated heterocycles. The number of hydrogen-bond acceptors (Lipinski definition) is 3. The fourth-order valence-corrected chi connectivity index (χ4v) is 3.65. The van der Waals surface area contributed by atoms with Crippen LogP contribution in [0.5, 0.6) is 0 Å². The quantitative estimate of drug-likeness (QED) is 0.708. The summed E-state index contributed by atoms with van der Waals surface area (Å²) in [6.45, 7) is 3.81. The maximum atomic E-state index is 12.0. The molecule has 5 nitrogen and oxygen atoms in total. The number of hydrogen-bond donors (Lipinski definition) is 2. The van der Waals surface area contributed by atoms with E-state index in [1.807, 2.05) is 0 Å². The van der Waals surface area contributed by atoms with E-state index in [2.05, 4.69) is 11.6 Å². The summed E-state index contributed by atoms with van der Waals surface area (Å²) in [4.78, 5) is 0. The van der Waals surface area contributed by atoms with Gasteiger partial charge < -0.3 is 5.73 Å². The topological polar surface area (TPSA) is 75.4 Å². The fourth-order valence-electron chi connectivity index (χ4n) is 2.61. The third-order valence-electron chi connectivity index (χ3n) is 4.19. The molecule has 0 unspecified atom stereocenters. The summed E-state index contributed by atoms with van der Waals surface area (Å²) in [6.07, 6.45) is 6.72. The van der Waals surface area contributed by atoms with Crippen molar-refractivity contribution in [2.24, 2.45) is 17.6 Å². The van der Waals surface area contributed by atoms with E-state index in [-0.39, 0.29) is 0 Å². The SMILES string of the molecule is CCC1CCC(CNS(=O)(=O)N(C)CCCN)CC1. The lowest BCUT2D eigenvalue weighted by atomic mass is 9.81. The van der Waals surface area contributed by atoms with Gasteiger partial charge in [0.25, 0.3) is 10.2 Å². The largest absolute Gasteiger partial charge is 0.330 e. The summed E-state index contributed by atoms with van der Waals surface area (Å²) in [5.41, 5.74) is 5.40. The van der Waals surface area contributed by atoms with Crippen LogP contribution in [-0.2, 0) is 10.2 Å². The van der Waals surface area contributed by atoms with E-state index in [1.54, 1.807) is 7.05 Å². The molecule has 0 aliphatic heterocycles. The molecular weight excluding hydrogens is 262 g/mol. The van der Waals surface area contributed by atoms with Crippen LogP contribution in [0, 0.1) is 11.8 Å². The molecule has 1 aliphatic carbocycles. The van der Waals surface area contributed by atoms with Gasteiger partial charge in [-0.2, -0.15) is 12.7 Å². The first-order valence-corrected chi connectivity index (χ1v) is 8.84. The lowest BCUT2D eigenvalue weighted by Crippen LogP contribution is -2.41. The van der Waals surface area contributed by atoms with Crippen LogP contribution in [-0.4, -0.2) is 39.4 Å². The molecular formula is C13H29N3O2S. The van der Waals surface area contributed by atoms with Crippen molar-refractivity contribution in [2.75, 3.05) is 26.7 Å². The van der Waals surface area contributed by atoms with E-state index in [0.29, 0.717) is 32.0 Å². The molecule has 0 atom stereocenters. The molecule has 0 aromatic carbocycles. The second kappa shape index (κ2) is 8.19. The fraction of sp³-hybridized carbons (Fsp3) is 1.00. The minimum atomic E-state index is -3.32. The number of rotatable bonds is 8. The van der Waals surface area contributed by atoms with Crippen molar-refractivity contribution < 1.29 is 8.42 Å². The van der Waals surface area contributed by atoms with Gasteiger partial charge in [-0.3, -0.25) is 0 Å². The minimum Gasteiger partial charge on any atom is -0.330 e. The van der Waals surface area contributed by atoms with Gasteiger partial charge in [0, 0.05) is 20.1 Å². The zero-order chi connectivity index (χ0) is 14.3. The lowest BCUT2D eigenvalue weighted by Gasteiger charge is -2.28. The van der Waals surface area contributed by atoms with Crippen LogP contribution in [0.25, 0.3) is 0 Å². The molecule has 0 aromatic heterocycles. The average molecular weight is 291 g/mol. The Balaban J connectivity index is 2.31. The monoisotopic (exact) mass is 291 g/mol. The second-order valence-corrected chi connectivity index (χ2v) is 7.47. The van der Waals surface area contributed by atoms with Crippen LogP contribution in [0.1, 0.15) is 45.4 Å². The van der Waals surface area contributed by atoms with Gasteiger partial charge in [0.1, 0.15) is 0 Å². The molecule has 0 amide bonds. The Labute approximate surface area is 118 Å². The molecule has 0 spiro atoms. The van der Waals surface area contributed by atoms with Gasteiger partial charge in [-0.15, -0.1) is 0 Å². The van der Waals surface area contributed by atoms with E-state index < -0.39 is 10.2 Å². The van der Waals surface area contributed by atoms with Crippen molar-refractivity contribution in [1.29, 1.82) is 0 Å². The van der Waals surface area contributed by atoms with E-state index in [9.17, 15) is 8.42 Å². The van der Waals surface area contributed by atoms with Crippen molar-refractivity contribution in [2.45, 2.75) is 45.4 Å². The third-order valence-corrected chi connectivity index (χ3v) is 5.72. The maximum Gasteiger partial charge on any atom is 0.279 e. The second-order valence-electron chi connectivity index (χ2n) is 5.61. The highest BCUT2D eigenvalue weighted by molar-refractivity contribution is 7.87. The molecule has 3 N–H and O–H groups in total. The first-order valence-electron chi connectivity index (χ1n) is 7.40. The van der Waals surface area contributed by atoms with E-state index in [1.165, 1.54) is 23.6 Å². The summed E-state index contributed by atoms with van der Waals surface area (Å²) in [5.74, 6) is 1.35. The van der Waals surface area contributed by atoms with Crippen molar-refractivity contribution in [1.82, 2.24) is 9.03 Å². The van der Waals surface area contributed by atoms with Crippen LogP contribution >= 0.6 is 0 Å². The van der Waals surface area contributed by atoms with E-state index >= 15 is 0 Å². The van der Waals surface area contributed by atoms with Gasteiger partial charge in [0.15, 0.2) is 0 Å². The highest BCUT2D eigenvalue weighted by atomic mass is 32.2. The van der Waals surface area contributed by atoms with Crippen molar-refractivity contribution in [3.8, 4) is 0 Å². The summed E-state index contributed by atoms with van der Waals surface area (Å²) in [7, 11) is -1.72. The molecule has 0 aromatic rings. The van der Waals surface area contributed by atoms with Crippen LogP contribution in [0.15, 0.2) is 0 Å². The van der Waals surface area contributed by atoms with Gasteiger partial charge in [-0.05, 0) is 37.6 Å². The highest BCUT2D eigenvalue weighted by Gasteiger charge is 2.23. The summed E-state index contributed by atoms with van der Waals surface area (Å²) in [5, 5.41) is 0. The van der Waals surface area contributed by atoms with Crippen LogP contribution in [0.4, 0.5) is 0 Å². The molecule has 114 valence electrons. The Morgan fingerprint density at radius 2 is 1.79 bits per heavy atom. The Bertz CT molecular complexity index is 338. The Hall–Kier alpha value is -0.170. The normalized spacial score (nSPS) is 24.8. The molecule has 1 saturated carbocycles. The zero-order valence-electron chi connectivity index (χ0n) is 12.3. The third kappa shape index (κ3) is 5.77. The number of nitrogens with one attached hydrogen (secondary N) is 1. The predicted octanol–water partition coefficient (Wildman–Crippen LogP) is 1.32. The van der Waals surface area contributed by atoms with Crippen molar-refractivity contribution >= 4 is 10.2 Å². The number of nitrogens with zero attached hydrogens (tertiary/aromatic N) is 1. The van der Waals surface area contributed by atoms with Crippen LogP contribution < -0.4 is 10.5 Å². The molecule has 0 radical (unpaired) electrons. The average Bonchev–Trinajstić information content (AvgIpc) is 2.43. The molecule has 1 aliphatic rings. The summed E-state index contributed by atoms with van der Waals surface area (Å²) < 4.78 is 28.0. The summed E-state index contributed by atoms with van der Waals surface area (Å²) in [6, 6.07) is 0. The van der Waals surface area contributed by atoms with Crippen molar-refractivity contribution in [3.05, 3.63) is 0 Å². The molecule has 1 fully saturated rings. The van der Waals surface area contributed by atoms with E-state index in [0.717, 1.165) is 18.8 Å². The van der Waals surface area contributed by atoms with Gasteiger partial charge >= 0.3 is 0 Å². The zero-order valence-corrected chi connectivity index (χ0v) is 13.1. The van der Waals surface area contributed by atoms with Gasteiger partial charge in [-0.1, -0.05) is 26.2 Å². The molecule has 1 rings (SSSR count). The molecule has 19 heavy (non-hydrogen) atoms. The lowest BCUT2D eigenvalue weighted by molar-refractivity contribution is 0.269. The van der Waals surface area contributed by atoms with Gasteiger partial charge in [0.2, 0.25) is 0 Å². The van der Waals surface area contributed by atoms with Gasteiger partial charge in [0.05, 0.1) is 0 Å². The van der Waals surface area contributed by atoms with Crippen LogP contribution in [0.2, 0.25) is 0 Å². The highest BCUT2D eigenvalue weighted by Crippen LogP contribution is 2.30. The first-order chi connectivity index (χ1) is 8.99. The van der Waals surface area contributed by atoms with Crippen LogP contribution in [0.3, 0.4) is 0 Å². The molecule has 6 heteroatoms. The van der Waals surface area contributed by atoms with Crippen molar-refractivity contribution in [3.63, 3.8) is 0 Å². The smallest absolute Gasteiger partial charge is 0.279 e. The first kappa shape index (κ1) is 16.9. The van der Waals surface area contributed by atoms with E-state index in [4.69, 9.17) is 5.73 Å². The maximum absolute atomic E-state index is 12.0. The number of nitrogens with two attached hydrogens (primary N) is 1. The minimum absolute atomic E-state index is 0.481. The standard InChI is InChI=1S/C13H29N3O2S/c1-3-12-5-7-13(8-6-12)11-15-19(17,18)16(2)10-4-9-14/h12-13,15H,3-11,14H2,1-2H3. The molecule has 0 bridgehead atoms. The predicted molar refractivity (Wildman–Crippen MR) is 79.0 cm³/mol. The Morgan fingerprint density at radius 1 is 1.21 bits per heavy atom. The summed E-state index contributed by atoms with van der Waals surface area (Å²) >= 11 is 0. The Kier molecular flexibility index (Phi) is 7.28. The van der Waals surface area contributed by atoms with Gasteiger partial charge in [-0.25, -0.2) is 4.72 Å². The molecule has 0 heterocycles. The Morgan fingerprint density at radius 3 is 2.32 bits per heavy atom.